The highest BCUT2D eigenvalue weighted by molar-refractivity contribution is 4.91. The lowest BCUT2D eigenvalue weighted by Gasteiger charge is -2.42. The second-order valence-electron chi connectivity index (χ2n) is 7.26. The van der Waals surface area contributed by atoms with Crippen LogP contribution in [-0.2, 0) is 0 Å². The Morgan fingerprint density at radius 1 is 1.26 bits per heavy atom. The zero-order valence-corrected chi connectivity index (χ0v) is 13.3. The molecule has 1 heterocycles. The fourth-order valence-corrected chi connectivity index (χ4v) is 3.99. The van der Waals surface area contributed by atoms with Crippen LogP contribution in [-0.4, -0.2) is 55.1 Å². The molecule has 0 radical (unpaired) electrons. The van der Waals surface area contributed by atoms with E-state index < -0.39 is 0 Å². The molecule has 112 valence electrons. The molecule has 2 N–H and O–H groups in total. The van der Waals surface area contributed by atoms with Gasteiger partial charge in [0.05, 0.1) is 0 Å². The van der Waals surface area contributed by atoms with E-state index in [1.165, 1.54) is 45.2 Å². The molecule has 0 aromatic rings. The number of likely N-dealkylation sites (N-methyl/N-ethyl adjacent to an activating group) is 2. The number of likely N-dealkylation sites (tertiary alicyclic amines) is 1. The number of nitrogens with zero attached hydrogens (tertiary/aromatic N) is 2. The van der Waals surface area contributed by atoms with Gasteiger partial charge in [-0.2, -0.15) is 0 Å². The summed E-state index contributed by atoms with van der Waals surface area (Å²) in [5.41, 5.74) is 6.40. The van der Waals surface area contributed by atoms with Crippen LogP contribution in [0.2, 0.25) is 0 Å². The van der Waals surface area contributed by atoms with Crippen molar-refractivity contribution in [1.82, 2.24) is 9.80 Å². The van der Waals surface area contributed by atoms with Gasteiger partial charge in [0.15, 0.2) is 0 Å². The molecule has 3 heteroatoms. The lowest BCUT2D eigenvalue weighted by Crippen LogP contribution is -2.53. The first-order valence-electron chi connectivity index (χ1n) is 8.15. The highest BCUT2D eigenvalue weighted by Gasteiger charge is 2.33. The van der Waals surface area contributed by atoms with Crippen molar-refractivity contribution in [3.63, 3.8) is 0 Å². The van der Waals surface area contributed by atoms with Crippen molar-refractivity contribution in [2.45, 2.75) is 64.1 Å². The Labute approximate surface area is 119 Å². The summed E-state index contributed by atoms with van der Waals surface area (Å²) >= 11 is 0. The summed E-state index contributed by atoms with van der Waals surface area (Å²) in [5, 5.41) is 0. The van der Waals surface area contributed by atoms with Crippen molar-refractivity contribution in [2.75, 3.05) is 27.2 Å². The first-order chi connectivity index (χ1) is 8.99. The van der Waals surface area contributed by atoms with Gasteiger partial charge in [-0.1, -0.05) is 13.8 Å². The molecule has 0 aromatic heterocycles. The van der Waals surface area contributed by atoms with Crippen molar-refractivity contribution in [3.05, 3.63) is 0 Å². The molecule has 0 bridgehead atoms. The summed E-state index contributed by atoms with van der Waals surface area (Å²) < 4.78 is 0. The SMILES string of the molecule is CC(C)C1CCC(N)C(N(C)CC2CCCN2C)C1. The third-order valence-electron chi connectivity index (χ3n) is 5.59. The zero-order valence-electron chi connectivity index (χ0n) is 13.3. The minimum absolute atomic E-state index is 0.381. The van der Waals surface area contributed by atoms with Crippen molar-refractivity contribution >= 4 is 0 Å². The molecule has 2 aliphatic rings. The Hall–Kier alpha value is -0.120. The monoisotopic (exact) mass is 267 g/mol. The zero-order chi connectivity index (χ0) is 14.0. The van der Waals surface area contributed by atoms with E-state index in [1.54, 1.807) is 0 Å². The van der Waals surface area contributed by atoms with Gasteiger partial charge in [-0.15, -0.1) is 0 Å². The Kier molecular flexibility index (Phi) is 5.27. The maximum absolute atomic E-state index is 6.40. The minimum Gasteiger partial charge on any atom is -0.326 e. The summed E-state index contributed by atoms with van der Waals surface area (Å²) in [7, 11) is 4.56. The molecular weight excluding hydrogens is 234 g/mol. The van der Waals surface area contributed by atoms with E-state index >= 15 is 0 Å². The molecule has 1 aliphatic heterocycles. The van der Waals surface area contributed by atoms with E-state index in [9.17, 15) is 0 Å². The summed E-state index contributed by atoms with van der Waals surface area (Å²) in [6, 6.07) is 1.72. The lowest BCUT2D eigenvalue weighted by atomic mass is 9.76. The molecule has 2 rings (SSSR count). The predicted molar refractivity (Wildman–Crippen MR) is 82.2 cm³/mol. The smallest absolute Gasteiger partial charge is 0.0247 e. The van der Waals surface area contributed by atoms with E-state index in [0.29, 0.717) is 12.1 Å². The molecule has 19 heavy (non-hydrogen) atoms. The van der Waals surface area contributed by atoms with Gasteiger partial charge in [0.2, 0.25) is 0 Å². The standard InChI is InChI=1S/C16H33N3/c1-12(2)13-7-8-15(17)16(10-13)19(4)11-14-6-5-9-18(14)3/h12-16H,5-11,17H2,1-4H3. The van der Waals surface area contributed by atoms with Gasteiger partial charge in [0, 0.05) is 24.7 Å². The van der Waals surface area contributed by atoms with E-state index in [2.05, 4.69) is 37.7 Å². The Morgan fingerprint density at radius 2 is 2.00 bits per heavy atom. The van der Waals surface area contributed by atoms with Gasteiger partial charge in [0.25, 0.3) is 0 Å². The maximum Gasteiger partial charge on any atom is 0.0247 e. The van der Waals surface area contributed by atoms with Gasteiger partial charge in [-0.05, 0) is 64.6 Å². The molecule has 1 aliphatic carbocycles. The first kappa shape index (κ1) is 15.3. The van der Waals surface area contributed by atoms with E-state index in [1.807, 2.05) is 0 Å². The molecule has 0 amide bonds. The molecule has 1 saturated carbocycles. The second kappa shape index (κ2) is 6.55. The topological polar surface area (TPSA) is 32.5 Å². The Balaban J connectivity index is 1.90. The summed E-state index contributed by atoms with van der Waals surface area (Å²) in [5.74, 6) is 1.67. The van der Waals surface area contributed by atoms with Crippen molar-refractivity contribution in [3.8, 4) is 0 Å². The van der Waals surface area contributed by atoms with Gasteiger partial charge in [-0.25, -0.2) is 0 Å². The number of rotatable bonds is 4. The third-order valence-corrected chi connectivity index (χ3v) is 5.59. The van der Waals surface area contributed by atoms with Crippen molar-refractivity contribution in [1.29, 1.82) is 0 Å². The van der Waals surface area contributed by atoms with Gasteiger partial charge < -0.3 is 15.5 Å². The van der Waals surface area contributed by atoms with Crippen molar-refractivity contribution in [2.24, 2.45) is 17.6 Å². The summed E-state index contributed by atoms with van der Waals surface area (Å²) in [6.07, 6.45) is 6.55. The molecule has 0 aromatic carbocycles. The minimum atomic E-state index is 0.381. The quantitative estimate of drug-likeness (QED) is 0.847. The number of nitrogens with two attached hydrogens (primary N) is 1. The van der Waals surface area contributed by atoms with Gasteiger partial charge in [0.1, 0.15) is 0 Å². The largest absolute Gasteiger partial charge is 0.326 e. The van der Waals surface area contributed by atoms with Crippen LogP contribution in [0.1, 0.15) is 46.0 Å². The summed E-state index contributed by atoms with van der Waals surface area (Å²) in [6.45, 7) is 7.19. The Bertz CT molecular complexity index is 279. The maximum atomic E-state index is 6.40. The van der Waals surface area contributed by atoms with E-state index in [-0.39, 0.29) is 0 Å². The van der Waals surface area contributed by atoms with Crippen LogP contribution in [0.4, 0.5) is 0 Å². The predicted octanol–water partition coefficient (Wildman–Crippen LogP) is 2.16. The fraction of sp³-hybridized carbons (Fsp3) is 1.00. The normalized spacial score (nSPS) is 37.4. The van der Waals surface area contributed by atoms with Crippen LogP contribution in [0.5, 0.6) is 0 Å². The molecular formula is C16H33N3. The van der Waals surface area contributed by atoms with Crippen LogP contribution in [0, 0.1) is 11.8 Å². The number of hydrogen-bond donors (Lipinski definition) is 1. The Morgan fingerprint density at radius 3 is 2.58 bits per heavy atom. The molecule has 4 atom stereocenters. The van der Waals surface area contributed by atoms with E-state index in [4.69, 9.17) is 5.73 Å². The fourth-order valence-electron chi connectivity index (χ4n) is 3.99. The average Bonchev–Trinajstić information content (AvgIpc) is 2.75. The summed E-state index contributed by atoms with van der Waals surface area (Å²) in [4.78, 5) is 5.08. The molecule has 3 nitrogen and oxygen atoms in total. The van der Waals surface area contributed by atoms with Crippen molar-refractivity contribution < 1.29 is 0 Å². The molecule has 0 spiro atoms. The highest BCUT2D eigenvalue weighted by atomic mass is 15.2. The highest BCUT2D eigenvalue weighted by Crippen LogP contribution is 2.32. The van der Waals surface area contributed by atoms with Gasteiger partial charge >= 0.3 is 0 Å². The number of hydrogen-bond acceptors (Lipinski definition) is 3. The van der Waals surface area contributed by atoms with Gasteiger partial charge in [-0.3, -0.25) is 0 Å². The van der Waals surface area contributed by atoms with Crippen LogP contribution < -0.4 is 5.73 Å². The molecule has 2 fully saturated rings. The third kappa shape index (κ3) is 3.71. The lowest BCUT2D eigenvalue weighted by molar-refractivity contribution is 0.0976. The van der Waals surface area contributed by atoms with Crippen LogP contribution in [0.15, 0.2) is 0 Å². The van der Waals surface area contributed by atoms with Crippen LogP contribution >= 0.6 is 0 Å². The van der Waals surface area contributed by atoms with Crippen LogP contribution in [0.25, 0.3) is 0 Å². The van der Waals surface area contributed by atoms with E-state index in [0.717, 1.165) is 17.9 Å². The average molecular weight is 267 g/mol. The first-order valence-corrected chi connectivity index (χ1v) is 8.15. The molecule has 4 unspecified atom stereocenters. The van der Waals surface area contributed by atoms with Crippen LogP contribution in [0.3, 0.4) is 0 Å². The second-order valence-corrected chi connectivity index (χ2v) is 7.26. The molecule has 1 saturated heterocycles.